The molecule has 2 amide bonds. The summed E-state index contributed by atoms with van der Waals surface area (Å²) in [7, 11) is 0. The molecular formula is C19H26Cl2N2O3. The second-order valence-electron chi connectivity index (χ2n) is 6.78. The molecule has 1 aromatic rings. The van der Waals surface area contributed by atoms with Crippen LogP contribution in [0.1, 0.15) is 43.5 Å². The predicted molar refractivity (Wildman–Crippen MR) is 104 cm³/mol. The van der Waals surface area contributed by atoms with Crippen LogP contribution in [0.25, 0.3) is 0 Å². The molecule has 1 heterocycles. The number of hydrogen-bond donors (Lipinski definition) is 1. The van der Waals surface area contributed by atoms with Crippen molar-refractivity contribution in [3.63, 3.8) is 0 Å². The van der Waals surface area contributed by atoms with Gasteiger partial charge in [0.05, 0.1) is 22.1 Å². The largest absolute Gasteiger partial charge is 0.379 e. The lowest BCUT2D eigenvalue weighted by Crippen LogP contribution is -2.45. The Morgan fingerprint density at radius 3 is 2.77 bits per heavy atom. The van der Waals surface area contributed by atoms with E-state index in [1.807, 2.05) is 13.8 Å². The van der Waals surface area contributed by atoms with E-state index in [1.165, 1.54) is 0 Å². The van der Waals surface area contributed by atoms with E-state index in [0.717, 1.165) is 19.3 Å². The number of likely N-dealkylation sites (tertiary alicyclic amines) is 1. The molecule has 1 N–H and O–H groups in total. The molecule has 0 saturated carbocycles. The summed E-state index contributed by atoms with van der Waals surface area (Å²) >= 11 is 11.9. The number of piperidine rings is 1. The van der Waals surface area contributed by atoms with Crippen LogP contribution in [0, 0.1) is 5.92 Å². The van der Waals surface area contributed by atoms with E-state index in [0.29, 0.717) is 41.8 Å². The number of hydrogen-bond acceptors (Lipinski definition) is 3. The van der Waals surface area contributed by atoms with Crippen LogP contribution >= 0.6 is 23.2 Å². The standard InChI is InChI=1S/C19H26Cl2N2O3/c1-13(2)26-10-4-8-22-18(24)15-5-3-9-23(12-15)19(25)14-6-7-16(20)17(21)11-14/h6-7,11,13,15H,3-5,8-10,12H2,1-2H3,(H,22,24). The fourth-order valence-electron chi connectivity index (χ4n) is 2.93. The third-order valence-electron chi connectivity index (χ3n) is 4.32. The second-order valence-corrected chi connectivity index (χ2v) is 7.60. The molecule has 7 heteroatoms. The van der Waals surface area contributed by atoms with E-state index in [-0.39, 0.29) is 23.8 Å². The van der Waals surface area contributed by atoms with E-state index in [1.54, 1.807) is 23.1 Å². The quantitative estimate of drug-likeness (QED) is 0.708. The first kappa shape index (κ1) is 21.0. The molecule has 1 fully saturated rings. The van der Waals surface area contributed by atoms with Crippen molar-refractivity contribution < 1.29 is 14.3 Å². The average molecular weight is 401 g/mol. The smallest absolute Gasteiger partial charge is 0.253 e. The van der Waals surface area contributed by atoms with Gasteiger partial charge in [-0.15, -0.1) is 0 Å². The van der Waals surface area contributed by atoms with Gasteiger partial charge < -0.3 is 15.0 Å². The van der Waals surface area contributed by atoms with E-state index < -0.39 is 0 Å². The lowest BCUT2D eigenvalue weighted by Gasteiger charge is -2.32. The van der Waals surface area contributed by atoms with Crippen LogP contribution < -0.4 is 5.32 Å². The summed E-state index contributed by atoms with van der Waals surface area (Å²) in [5.74, 6) is -0.297. The molecule has 0 aromatic heterocycles. The molecule has 2 rings (SSSR count). The Hall–Kier alpha value is -1.30. The summed E-state index contributed by atoms with van der Waals surface area (Å²) in [6, 6.07) is 4.85. The predicted octanol–water partition coefficient (Wildman–Crippen LogP) is 3.78. The molecule has 144 valence electrons. The Kier molecular flexibility index (Phi) is 8.19. The number of amides is 2. The van der Waals surface area contributed by atoms with Gasteiger partial charge in [-0.2, -0.15) is 0 Å². The highest BCUT2D eigenvalue weighted by atomic mass is 35.5. The highest BCUT2D eigenvalue weighted by Gasteiger charge is 2.28. The Bertz CT molecular complexity index is 637. The number of carbonyl (C=O) groups is 2. The van der Waals surface area contributed by atoms with Crippen molar-refractivity contribution in [1.82, 2.24) is 10.2 Å². The minimum absolute atomic E-state index is 0.00110. The maximum absolute atomic E-state index is 12.7. The van der Waals surface area contributed by atoms with Crippen molar-refractivity contribution in [2.45, 2.75) is 39.2 Å². The summed E-state index contributed by atoms with van der Waals surface area (Å²) in [6.45, 7) is 6.26. The van der Waals surface area contributed by atoms with Crippen molar-refractivity contribution in [3.05, 3.63) is 33.8 Å². The molecular weight excluding hydrogens is 375 g/mol. The number of halogens is 2. The molecule has 26 heavy (non-hydrogen) atoms. The fraction of sp³-hybridized carbons (Fsp3) is 0.579. The summed E-state index contributed by atoms with van der Waals surface area (Å²) in [6.07, 6.45) is 2.58. The lowest BCUT2D eigenvalue weighted by molar-refractivity contribution is -0.126. The number of rotatable bonds is 7. The maximum Gasteiger partial charge on any atom is 0.253 e. The summed E-state index contributed by atoms with van der Waals surface area (Å²) in [5, 5.41) is 3.72. The van der Waals surface area contributed by atoms with E-state index >= 15 is 0 Å². The van der Waals surface area contributed by atoms with Crippen molar-refractivity contribution in [3.8, 4) is 0 Å². The summed E-state index contributed by atoms with van der Waals surface area (Å²) in [4.78, 5) is 26.8. The molecule has 0 bridgehead atoms. The van der Waals surface area contributed by atoms with Gasteiger partial charge in [0.2, 0.25) is 5.91 Å². The Morgan fingerprint density at radius 1 is 1.31 bits per heavy atom. The van der Waals surface area contributed by atoms with Crippen LogP contribution in [0.3, 0.4) is 0 Å². The van der Waals surface area contributed by atoms with Crippen molar-refractivity contribution in [2.75, 3.05) is 26.2 Å². The van der Waals surface area contributed by atoms with Crippen LogP contribution in [-0.4, -0.2) is 49.1 Å². The fourth-order valence-corrected chi connectivity index (χ4v) is 3.23. The lowest BCUT2D eigenvalue weighted by atomic mass is 9.96. The molecule has 0 aliphatic carbocycles. The number of carbonyl (C=O) groups excluding carboxylic acids is 2. The van der Waals surface area contributed by atoms with Crippen LogP contribution in [0.5, 0.6) is 0 Å². The van der Waals surface area contributed by atoms with Gasteiger partial charge in [-0.3, -0.25) is 9.59 Å². The highest BCUT2D eigenvalue weighted by molar-refractivity contribution is 6.42. The zero-order valence-electron chi connectivity index (χ0n) is 15.3. The van der Waals surface area contributed by atoms with Gasteiger partial charge in [0.1, 0.15) is 0 Å². The Labute approximate surface area is 165 Å². The zero-order valence-corrected chi connectivity index (χ0v) is 16.8. The van der Waals surface area contributed by atoms with Gasteiger partial charge in [0.25, 0.3) is 5.91 Å². The molecule has 1 unspecified atom stereocenters. The van der Waals surface area contributed by atoms with Crippen molar-refractivity contribution in [1.29, 1.82) is 0 Å². The van der Waals surface area contributed by atoms with Crippen LogP contribution in [0.4, 0.5) is 0 Å². The molecule has 1 aromatic carbocycles. The third kappa shape index (κ3) is 6.15. The topological polar surface area (TPSA) is 58.6 Å². The van der Waals surface area contributed by atoms with Gasteiger partial charge in [-0.25, -0.2) is 0 Å². The van der Waals surface area contributed by atoms with E-state index in [4.69, 9.17) is 27.9 Å². The minimum Gasteiger partial charge on any atom is -0.379 e. The molecule has 1 aliphatic rings. The van der Waals surface area contributed by atoms with Crippen LogP contribution in [0.2, 0.25) is 10.0 Å². The first-order valence-corrected chi connectivity index (χ1v) is 9.77. The average Bonchev–Trinajstić information content (AvgIpc) is 2.62. The van der Waals surface area contributed by atoms with Crippen molar-refractivity contribution >= 4 is 35.0 Å². The Morgan fingerprint density at radius 2 is 2.08 bits per heavy atom. The summed E-state index contributed by atoms with van der Waals surface area (Å²) < 4.78 is 5.46. The highest BCUT2D eigenvalue weighted by Crippen LogP contribution is 2.25. The second kappa shape index (κ2) is 10.1. The molecule has 1 saturated heterocycles. The molecule has 1 aliphatic heterocycles. The zero-order chi connectivity index (χ0) is 19.1. The molecule has 0 radical (unpaired) electrons. The minimum atomic E-state index is -0.179. The van der Waals surface area contributed by atoms with Crippen LogP contribution in [0.15, 0.2) is 18.2 Å². The van der Waals surface area contributed by atoms with Gasteiger partial charge in [0, 0.05) is 31.8 Å². The van der Waals surface area contributed by atoms with Crippen LogP contribution in [-0.2, 0) is 9.53 Å². The van der Waals surface area contributed by atoms with E-state index in [2.05, 4.69) is 5.32 Å². The normalized spacial score (nSPS) is 17.4. The molecule has 1 atom stereocenters. The van der Waals surface area contributed by atoms with Gasteiger partial charge in [-0.1, -0.05) is 23.2 Å². The SMILES string of the molecule is CC(C)OCCCNC(=O)C1CCCN(C(=O)c2ccc(Cl)c(Cl)c2)C1. The maximum atomic E-state index is 12.7. The Balaban J connectivity index is 1.84. The first-order chi connectivity index (χ1) is 12.4. The van der Waals surface area contributed by atoms with E-state index in [9.17, 15) is 9.59 Å². The van der Waals surface area contributed by atoms with Gasteiger partial charge in [-0.05, 0) is 51.3 Å². The van der Waals surface area contributed by atoms with Gasteiger partial charge >= 0.3 is 0 Å². The number of benzene rings is 1. The number of nitrogens with zero attached hydrogens (tertiary/aromatic N) is 1. The number of ether oxygens (including phenoxy) is 1. The molecule has 5 nitrogen and oxygen atoms in total. The first-order valence-electron chi connectivity index (χ1n) is 9.02. The summed E-state index contributed by atoms with van der Waals surface area (Å²) in [5.41, 5.74) is 0.492. The van der Waals surface area contributed by atoms with Crippen molar-refractivity contribution in [2.24, 2.45) is 5.92 Å². The third-order valence-corrected chi connectivity index (χ3v) is 5.06. The van der Waals surface area contributed by atoms with Gasteiger partial charge in [0.15, 0.2) is 0 Å². The number of nitrogens with one attached hydrogen (secondary N) is 1. The monoisotopic (exact) mass is 400 g/mol. The molecule has 0 spiro atoms.